The van der Waals surface area contributed by atoms with Gasteiger partial charge in [-0.1, -0.05) is 0 Å². The van der Waals surface area contributed by atoms with Gasteiger partial charge in [-0.25, -0.2) is 9.37 Å². The van der Waals surface area contributed by atoms with Crippen molar-refractivity contribution in [2.75, 3.05) is 13.2 Å². The van der Waals surface area contributed by atoms with E-state index < -0.39 is 6.04 Å². The van der Waals surface area contributed by atoms with Crippen molar-refractivity contribution >= 4 is 17.2 Å². The van der Waals surface area contributed by atoms with Gasteiger partial charge in [0.1, 0.15) is 10.8 Å². The minimum absolute atomic E-state index is 0.138. The van der Waals surface area contributed by atoms with E-state index in [0.717, 1.165) is 34.0 Å². The summed E-state index contributed by atoms with van der Waals surface area (Å²) in [6, 6.07) is 5.56. The molecule has 0 bridgehead atoms. The summed E-state index contributed by atoms with van der Waals surface area (Å²) in [4.78, 5) is 18.1. The highest BCUT2D eigenvalue weighted by Crippen LogP contribution is 2.32. The van der Waals surface area contributed by atoms with Crippen LogP contribution in [0.4, 0.5) is 4.39 Å². The summed E-state index contributed by atoms with van der Waals surface area (Å²) in [6.07, 6.45) is 1.63. The van der Waals surface area contributed by atoms with Crippen molar-refractivity contribution in [2.45, 2.75) is 38.8 Å². The Bertz CT molecular complexity index is 757. The van der Waals surface area contributed by atoms with Crippen LogP contribution < -0.4 is 11.1 Å². The molecule has 1 aliphatic rings. The van der Waals surface area contributed by atoms with E-state index in [-0.39, 0.29) is 23.7 Å². The monoisotopic (exact) mass is 377 g/mol. The Balaban J connectivity index is 1.68. The number of nitrogens with one attached hydrogen (secondary N) is 1. The number of hydrogen-bond donors (Lipinski definition) is 2. The lowest BCUT2D eigenvalue weighted by Crippen LogP contribution is -2.47. The molecule has 1 aromatic carbocycles. The van der Waals surface area contributed by atoms with Crippen LogP contribution in [0.2, 0.25) is 0 Å². The third-order valence-electron chi connectivity index (χ3n) is 4.75. The fourth-order valence-corrected chi connectivity index (χ4v) is 4.26. The Hall–Kier alpha value is -1.83. The molecule has 0 saturated carbocycles. The van der Waals surface area contributed by atoms with Gasteiger partial charge in [-0.3, -0.25) is 4.79 Å². The number of ether oxygens (including phenoxy) is 1. The van der Waals surface area contributed by atoms with Gasteiger partial charge in [0.15, 0.2) is 0 Å². The number of aryl methyl sites for hydroxylation is 1. The van der Waals surface area contributed by atoms with Crippen LogP contribution in [0.15, 0.2) is 24.3 Å². The number of hydrogen-bond acceptors (Lipinski definition) is 5. The van der Waals surface area contributed by atoms with E-state index in [2.05, 4.69) is 10.3 Å². The highest BCUT2D eigenvalue weighted by molar-refractivity contribution is 7.15. The number of amides is 1. The summed E-state index contributed by atoms with van der Waals surface area (Å²) in [5.74, 6) is -0.251. The number of rotatable bonds is 5. The molecule has 0 spiro atoms. The van der Waals surface area contributed by atoms with Crippen LogP contribution in [0.3, 0.4) is 0 Å². The first-order valence-electron chi connectivity index (χ1n) is 8.82. The smallest absolute Gasteiger partial charge is 0.237 e. The first kappa shape index (κ1) is 18.9. The minimum Gasteiger partial charge on any atom is -0.381 e. The molecule has 140 valence electrons. The van der Waals surface area contributed by atoms with Gasteiger partial charge in [-0.2, -0.15) is 0 Å². The van der Waals surface area contributed by atoms with Crippen molar-refractivity contribution in [2.24, 2.45) is 11.7 Å². The molecule has 3 rings (SSSR count). The third-order valence-corrected chi connectivity index (χ3v) is 6.14. The predicted octanol–water partition coefficient (Wildman–Crippen LogP) is 3.19. The number of benzene rings is 1. The van der Waals surface area contributed by atoms with E-state index in [0.29, 0.717) is 13.2 Å². The van der Waals surface area contributed by atoms with E-state index >= 15 is 0 Å². The number of halogens is 1. The Morgan fingerprint density at radius 2 is 2.00 bits per heavy atom. The van der Waals surface area contributed by atoms with Gasteiger partial charge < -0.3 is 15.8 Å². The lowest BCUT2D eigenvalue weighted by molar-refractivity contribution is -0.125. The summed E-state index contributed by atoms with van der Waals surface area (Å²) in [7, 11) is 0. The number of aromatic nitrogens is 1. The molecule has 2 unspecified atom stereocenters. The van der Waals surface area contributed by atoms with Crippen molar-refractivity contribution in [3.8, 4) is 10.6 Å². The lowest BCUT2D eigenvalue weighted by Gasteiger charge is -2.27. The zero-order valence-corrected chi connectivity index (χ0v) is 15.8. The molecule has 1 saturated heterocycles. The molecule has 1 fully saturated rings. The standard InChI is InChI=1S/C19H24FN3O2S/c1-11(22-18(24)16(21)13-7-9-25-10-8-13)17-12(2)23-19(26-17)14-3-5-15(20)6-4-14/h3-6,11,13,16H,7-10,21H2,1-2H3,(H,22,24). The number of carbonyl (C=O) groups excluding carboxylic acids is 1. The Kier molecular flexibility index (Phi) is 6.01. The average molecular weight is 377 g/mol. The first-order chi connectivity index (χ1) is 12.5. The van der Waals surface area contributed by atoms with Crippen molar-refractivity contribution in [1.82, 2.24) is 10.3 Å². The summed E-state index contributed by atoms with van der Waals surface area (Å²) >= 11 is 1.51. The van der Waals surface area contributed by atoms with E-state index in [9.17, 15) is 9.18 Å². The van der Waals surface area contributed by atoms with Gasteiger partial charge in [0, 0.05) is 18.8 Å². The quantitative estimate of drug-likeness (QED) is 0.839. The third kappa shape index (κ3) is 4.28. The Morgan fingerprint density at radius 3 is 2.65 bits per heavy atom. The molecule has 1 amide bonds. The first-order valence-corrected chi connectivity index (χ1v) is 9.64. The maximum absolute atomic E-state index is 13.1. The van der Waals surface area contributed by atoms with Crippen LogP contribution in [-0.4, -0.2) is 30.1 Å². The molecule has 5 nitrogen and oxygen atoms in total. The molecule has 2 heterocycles. The topological polar surface area (TPSA) is 77.2 Å². The largest absolute Gasteiger partial charge is 0.381 e. The van der Waals surface area contributed by atoms with Gasteiger partial charge in [-0.05, 0) is 56.9 Å². The van der Waals surface area contributed by atoms with Crippen LogP contribution in [0, 0.1) is 18.7 Å². The van der Waals surface area contributed by atoms with E-state index in [1.54, 1.807) is 12.1 Å². The Morgan fingerprint density at radius 1 is 1.35 bits per heavy atom. The maximum atomic E-state index is 13.1. The second kappa shape index (κ2) is 8.24. The fraction of sp³-hybridized carbons (Fsp3) is 0.474. The van der Waals surface area contributed by atoms with Gasteiger partial charge in [0.25, 0.3) is 0 Å². The summed E-state index contributed by atoms with van der Waals surface area (Å²) in [6.45, 7) is 5.18. The fourth-order valence-electron chi connectivity index (χ4n) is 3.19. The van der Waals surface area contributed by atoms with Crippen molar-refractivity contribution in [3.05, 3.63) is 40.7 Å². The van der Waals surface area contributed by atoms with Crippen LogP contribution in [0.5, 0.6) is 0 Å². The van der Waals surface area contributed by atoms with Crippen LogP contribution in [0.25, 0.3) is 10.6 Å². The van der Waals surface area contributed by atoms with Gasteiger partial charge in [0.05, 0.1) is 22.7 Å². The van der Waals surface area contributed by atoms with Crippen molar-refractivity contribution < 1.29 is 13.9 Å². The normalized spacial score (nSPS) is 17.7. The zero-order valence-electron chi connectivity index (χ0n) is 15.0. The molecule has 7 heteroatoms. The molecule has 1 aliphatic heterocycles. The second-order valence-corrected chi connectivity index (χ2v) is 7.71. The van der Waals surface area contributed by atoms with Crippen LogP contribution >= 0.6 is 11.3 Å². The van der Waals surface area contributed by atoms with Crippen LogP contribution in [-0.2, 0) is 9.53 Å². The average Bonchev–Trinajstić information content (AvgIpc) is 3.04. The van der Waals surface area contributed by atoms with Crippen molar-refractivity contribution in [3.63, 3.8) is 0 Å². The molecular weight excluding hydrogens is 353 g/mol. The summed E-state index contributed by atoms with van der Waals surface area (Å²) in [5.41, 5.74) is 7.88. The number of nitrogens with two attached hydrogens (primary N) is 1. The number of carbonyl (C=O) groups is 1. The summed E-state index contributed by atoms with van der Waals surface area (Å²) in [5, 5.41) is 3.83. The molecule has 3 N–H and O–H groups in total. The van der Waals surface area contributed by atoms with Crippen molar-refractivity contribution in [1.29, 1.82) is 0 Å². The van der Waals surface area contributed by atoms with Gasteiger partial charge in [0.2, 0.25) is 5.91 Å². The predicted molar refractivity (Wildman–Crippen MR) is 100 cm³/mol. The molecule has 2 atom stereocenters. The second-order valence-electron chi connectivity index (χ2n) is 6.68. The molecule has 1 aromatic heterocycles. The zero-order chi connectivity index (χ0) is 18.7. The number of thiazole rings is 1. The highest BCUT2D eigenvalue weighted by atomic mass is 32.1. The molecule has 0 radical (unpaired) electrons. The molecule has 2 aromatic rings. The van der Waals surface area contributed by atoms with E-state index in [1.165, 1.54) is 23.5 Å². The summed E-state index contributed by atoms with van der Waals surface area (Å²) < 4.78 is 18.4. The van der Waals surface area contributed by atoms with E-state index in [4.69, 9.17) is 10.5 Å². The molecular formula is C19H24FN3O2S. The van der Waals surface area contributed by atoms with E-state index in [1.807, 2.05) is 13.8 Å². The van der Waals surface area contributed by atoms with Crippen LogP contribution in [0.1, 0.15) is 36.4 Å². The maximum Gasteiger partial charge on any atom is 0.237 e. The minimum atomic E-state index is -0.522. The number of nitrogens with zero attached hydrogens (tertiary/aromatic N) is 1. The van der Waals surface area contributed by atoms with Gasteiger partial charge >= 0.3 is 0 Å². The van der Waals surface area contributed by atoms with Gasteiger partial charge in [-0.15, -0.1) is 11.3 Å². The Labute approximate surface area is 156 Å². The highest BCUT2D eigenvalue weighted by Gasteiger charge is 2.28. The SMILES string of the molecule is Cc1nc(-c2ccc(F)cc2)sc1C(C)NC(=O)C(N)C1CCOCC1. The molecule has 26 heavy (non-hydrogen) atoms. The molecule has 0 aliphatic carbocycles. The lowest BCUT2D eigenvalue weighted by atomic mass is 9.91.